The van der Waals surface area contributed by atoms with E-state index < -0.39 is 0 Å². The van der Waals surface area contributed by atoms with E-state index in [4.69, 9.17) is 11.6 Å². The number of nitrogens with one attached hydrogen (secondary N) is 1. The van der Waals surface area contributed by atoms with E-state index in [-0.39, 0.29) is 0 Å². The van der Waals surface area contributed by atoms with Gasteiger partial charge in [-0.2, -0.15) is 0 Å². The predicted molar refractivity (Wildman–Crippen MR) is 72.8 cm³/mol. The maximum Gasteiger partial charge on any atom is 0.111 e. The molecule has 92 valence electrons. The summed E-state index contributed by atoms with van der Waals surface area (Å²) in [5, 5.41) is 3.90. The summed E-state index contributed by atoms with van der Waals surface area (Å²) in [6.07, 6.45) is 0.932. The van der Waals surface area contributed by atoms with Gasteiger partial charge in [0, 0.05) is 24.0 Å². The van der Waals surface area contributed by atoms with E-state index in [0.717, 1.165) is 34.8 Å². The van der Waals surface area contributed by atoms with Gasteiger partial charge >= 0.3 is 0 Å². The number of likely N-dealkylation sites (N-methyl/N-ethyl adjacent to an activating group) is 1. The molecule has 2 rings (SSSR count). The van der Waals surface area contributed by atoms with Gasteiger partial charge in [-0.3, -0.25) is 0 Å². The van der Waals surface area contributed by atoms with Gasteiger partial charge in [-0.25, -0.2) is 4.98 Å². The highest BCUT2D eigenvalue weighted by molar-refractivity contribution is 6.31. The molecule has 17 heavy (non-hydrogen) atoms. The van der Waals surface area contributed by atoms with Crippen molar-refractivity contribution in [3.63, 3.8) is 0 Å². The van der Waals surface area contributed by atoms with Gasteiger partial charge in [-0.1, -0.05) is 11.6 Å². The third kappa shape index (κ3) is 2.45. The van der Waals surface area contributed by atoms with Crippen molar-refractivity contribution in [1.82, 2.24) is 14.9 Å². The van der Waals surface area contributed by atoms with E-state index in [9.17, 15) is 0 Å². The number of benzene rings is 1. The van der Waals surface area contributed by atoms with Gasteiger partial charge in [-0.05, 0) is 39.1 Å². The molecule has 3 nitrogen and oxygen atoms in total. The maximum absolute atomic E-state index is 6.00. The molecule has 0 aliphatic carbocycles. The Morgan fingerprint density at radius 1 is 1.41 bits per heavy atom. The molecule has 0 saturated heterocycles. The van der Waals surface area contributed by atoms with Crippen molar-refractivity contribution in [3.8, 4) is 0 Å². The Hall–Kier alpha value is -1.06. The number of rotatable bonds is 4. The Morgan fingerprint density at radius 3 is 2.82 bits per heavy atom. The Balaban J connectivity index is 2.53. The molecule has 0 saturated carbocycles. The largest absolute Gasteiger partial charge is 0.325 e. The van der Waals surface area contributed by atoms with Crippen molar-refractivity contribution >= 4 is 22.6 Å². The molecule has 0 unspecified atom stereocenters. The second-order valence-electron chi connectivity index (χ2n) is 4.48. The lowest BCUT2D eigenvalue weighted by molar-refractivity contribution is 0.577. The average Bonchev–Trinajstić information content (AvgIpc) is 2.63. The van der Waals surface area contributed by atoms with E-state index in [1.54, 1.807) is 0 Å². The molecule has 4 heteroatoms. The van der Waals surface area contributed by atoms with Crippen LogP contribution >= 0.6 is 11.6 Å². The Morgan fingerprint density at radius 2 is 2.18 bits per heavy atom. The molecule has 0 atom stereocenters. The SMILES string of the molecule is CNCCc1nc2cc(Cl)ccc2n1C(C)C. The van der Waals surface area contributed by atoms with E-state index in [1.165, 1.54) is 0 Å². The highest BCUT2D eigenvalue weighted by atomic mass is 35.5. The highest BCUT2D eigenvalue weighted by Gasteiger charge is 2.12. The lowest BCUT2D eigenvalue weighted by Gasteiger charge is -2.12. The van der Waals surface area contributed by atoms with Gasteiger partial charge in [0.05, 0.1) is 11.0 Å². The summed E-state index contributed by atoms with van der Waals surface area (Å²) >= 11 is 6.00. The normalized spacial score (nSPS) is 11.6. The smallest absolute Gasteiger partial charge is 0.111 e. The minimum Gasteiger partial charge on any atom is -0.325 e. The fourth-order valence-electron chi connectivity index (χ4n) is 2.11. The Labute approximate surface area is 107 Å². The molecule has 0 aliphatic rings. The number of aromatic nitrogens is 2. The van der Waals surface area contributed by atoms with Crippen molar-refractivity contribution < 1.29 is 0 Å². The molecule has 0 fully saturated rings. The first-order valence-corrected chi connectivity index (χ1v) is 6.32. The van der Waals surface area contributed by atoms with Crippen LogP contribution in [-0.4, -0.2) is 23.1 Å². The van der Waals surface area contributed by atoms with Gasteiger partial charge in [0.2, 0.25) is 0 Å². The summed E-state index contributed by atoms with van der Waals surface area (Å²) in [4.78, 5) is 4.67. The Kier molecular flexibility index (Phi) is 3.69. The number of hydrogen-bond donors (Lipinski definition) is 1. The number of halogens is 1. The minimum atomic E-state index is 0.410. The molecular formula is C13H18ClN3. The average molecular weight is 252 g/mol. The topological polar surface area (TPSA) is 29.9 Å². The third-order valence-electron chi connectivity index (χ3n) is 2.84. The summed E-state index contributed by atoms with van der Waals surface area (Å²) < 4.78 is 2.28. The maximum atomic E-state index is 6.00. The molecule has 0 radical (unpaired) electrons. The third-order valence-corrected chi connectivity index (χ3v) is 3.07. The van der Waals surface area contributed by atoms with Crippen LogP contribution < -0.4 is 5.32 Å². The first-order chi connectivity index (χ1) is 8.13. The summed E-state index contributed by atoms with van der Waals surface area (Å²) in [5.41, 5.74) is 2.15. The highest BCUT2D eigenvalue weighted by Crippen LogP contribution is 2.24. The van der Waals surface area contributed by atoms with Crippen LogP contribution in [0.4, 0.5) is 0 Å². The monoisotopic (exact) mass is 251 g/mol. The van der Waals surface area contributed by atoms with Gasteiger partial charge in [0.25, 0.3) is 0 Å². The molecule has 0 spiro atoms. The number of imidazole rings is 1. The van der Waals surface area contributed by atoms with Gasteiger partial charge in [0.15, 0.2) is 0 Å². The number of fused-ring (bicyclic) bond motifs is 1. The summed E-state index contributed by atoms with van der Waals surface area (Å²) in [6, 6.07) is 6.31. The van der Waals surface area contributed by atoms with Gasteiger partial charge < -0.3 is 9.88 Å². The Bertz CT molecular complexity index is 517. The quantitative estimate of drug-likeness (QED) is 0.905. The molecule has 1 aromatic heterocycles. The van der Waals surface area contributed by atoms with Crippen molar-refractivity contribution in [1.29, 1.82) is 0 Å². The van der Waals surface area contributed by atoms with Crippen molar-refractivity contribution in [2.45, 2.75) is 26.3 Å². The zero-order valence-electron chi connectivity index (χ0n) is 10.5. The lowest BCUT2D eigenvalue weighted by atomic mass is 10.3. The summed E-state index contributed by atoms with van der Waals surface area (Å²) in [6.45, 7) is 5.29. The molecule has 1 aromatic carbocycles. The first-order valence-electron chi connectivity index (χ1n) is 5.94. The van der Waals surface area contributed by atoms with Crippen LogP contribution in [0.5, 0.6) is 0 Å². The van der Waals surface area contributed by atoms with Crippen LogP contribution in [0.3, 0.4) is 0 Å². The molecular weight excluding hydrogens is 234 g/mol. The van der Waals surface area contributed by atoms with E-state index in [1.807, 2.05) is 25.2 Å². The molecule has 0 aliphatic heterocycles. The van der Waals surface area contributed by atoms with E-state index >= 15 is 0 Å². The fraction of sp³-hybridized carbons (Fsp3) is 0.462. The molecule has 2 aromatic rings. The number of hydrogen-bond acceptors (Lipinski definition) is 2. The van der Waals surface area contributed by atoms with E-state index in [2.05, 4.69) is 28.7 Å². The molecule has 0 amide bonds. The number of nitrogens with zero attached hydrogens (tertiary/aromatic N) is 2. The zero-order chi connectivity index (χ0) is 12.4. The van der Waals surface area contributed by atoms with Crippen molar-refractivity contribution in [2.24, 2.45) is 0 Å². The van der Waals surface area contributed by atoms with Gasteiger partial charge in [-0.15, -0.1) is 0 Å². The zero-order valence-corrected chi connectivity index (χ0v) is 11.3. The second kappa shape index (κ2) is 5.07. The van der Waals surface area contributed by atoms with Crippen LogP contribution in [-0.2, 0) is 6.42 Å². The predicted octanol–water partition coefficient (Wildman–Crippen LogP) is 3.03. The first kappa shape index (κ1) is 12.4. The van der Waals surface area contributed by atoms with E-state index in [0.29, 0.717) is 6.04 Å². The van der Waals surface area contributed by atoms with Gasteiger partial charge in [0.1, 0.15) is 5.82 Å². The van der Waals surface area contributed by atoms with Crippen LogP contribution in [0.15, 0.2) is 18.2 Å². The molecule has 1 heterocycles. The van der Waals surface area contributed by atoms with Crippen LogP contribution in [0.1, 0.15) is 25.7 Å². The van der Waals surface area contributed by atoms with Crippen LogP contribution in [0, 0.1) is 0 Å². The molecule has 0 bridgehead atoms. The summed E-state index contributed by atoms with van der Waals surface area (Å²) in [7, 11) is 1.96. The second-order valence-corrected chi connectivity index (χ2v) is 4.91. The standard InChI is InChI=1S/C13H18ClN3/c1-9(2)17-12-5-4-10(14)8-11(12)16-13(17)6-7-15-3/h4-5,8-9,15H,6-7H2,1-3H3. The van der Waals surface area contributed by atoms with Crippen LogP contribution in [0.25, 0.3) is 11.0 Å². The minimum absolute atomic E-state index is 0.410. The van der Waals surface area contributed by atoms with Crippen molar-refractivity contribution in [3.05, 3.63) is 29.0 Å². The van der Waals surface area contributed by atoms with Crippen LogP contribution in [0.2, 0.25) is 5.02 Å². The lowest BCUT2D eigenvalue weighted by Crippen LogP contribution is -2.15. The summed E-state index contributed by atoms with van der Waals surface area (Å²) in [5.74, 6) is 1.12. The fourth-order valence-corrected chi connectivity index (χ4v) is 2.28. The van der Waals surface area contributed by atoms with Crippen molar-refractivity contribution in [2.75, 3.05) is 13.6 Å². The molecule has 1 N–H and O–H groups in total.